The maximum Gasteiger partial charge on any atom is 0.289 e. The van der Waals surface area contributed by atoms with Crippen LogP contribution in [0, 0.1) is 0 Å². The van der Waals surface area contributed by atoms with Gasteiger partial charge < -0.3 is 5.32 Å². The van der Waals surface area contributed by atoms with Gasteiger partial charge in [-0.15, -0.1) is 0 Å². The zero-order chi connectivity index (χ0) is 19.3. The summed E-state index contributed by atoms with van der Waals surface area (Å²) in [6, 6.07) is 20.8. The maximum atomic E-state index is 12.3. The molecule has 0 aliphatic heterocycles. The molecule has 2 N–H and O–H groups in total. The minimum atomic E-state index is -0.398. The Balaban J connectivity index is 1.43. The molecule has 0 atom stereocenters. The van der Waals surface area contributed by atoms with Gasteiger partial charge in [-0.05, 0) is 24.3 Å². The summed E-state index contributed by atoms with van der Waals surface area (Å²) in [5.74, 6) is -0.398. The number of pyridine rings is 1. The van der Waals surface area contributed by atoms with Crippen molar-refractivity contribution in [3.05, 3.63) is 82.5 Å². The van der Waals surface area contributed by atoms with Crippen LogP contribution in [0.1, 0.15) is 15.4 Å². The van der Waals surface area contributed by atoms with Crippen molar-refractivity contribution < 1.29 is 4.79 Å². The molecule has 28 heavy (non-hydrogen) atoms. The summed E-state index contributed by atoms with van der Waals surface area (Å²) in [7, 11) is 0. The Kier molecular flexibility index (Phi) is 5.27. The number of amides is 1. The number of nitrogens with zero attached hydrogens (tertiary/aromatic N) is 3. The van der Waals surface area contributed by atoms with Crippen LogP contribution in [0.3, 0.4) is 0 Å². The molecule has 2 heterocycles. The molecule has 0 bridgehead atoms. The Morgan fingerprint density at radius 3 is 2.64 bits per heavy atom. The molecule has 0 saturated heterocycles. The van der Waals surface area contributed by atoms with Gasteiger partial charge in [0.05, 0.1) is 16.6 Å². The number of hydrogen-bond donors (Lipinski definition) is 2. The van der Waals surface area contributed by atoms with E-state index in [0.29, 0.717) is 15.2 Å². The van der Waals surface area contributed by atoms with Gasteiger partial charge in [0.1, 0.15) is 5.69 Å². The SMILES string of the molecule is O=C(N/N=C/c1sc(Nc2ccccc2)nc1Cl)c1ccc2ccccc2n1. The van der Waals surface area contributed by atoms with Gasteiger partial charge in [-0.1, -0.05) is 65.4 Å². The average molecular weight is 408 g/mol. The normalized spacial score (nSPS) is 11.0. The number of fused-ring (bicyclic) bond motifs is 1. The lowest BCUT2D eigenvalue weighted by Gasteiger charge is -2.01. The van der Waals surface area contributed by atoms with Crippen molar-refractivity contribution in [2.75, 3.05) is 5.32 Å². The lowest BCUT2D eigenvalue weighted by atomic mass is 10.2. The Labute approximate surface area is 169 Å². The minimum Gasteiger partial charge on any atom is -0.331 e. The van der Waals surface area contributed by atoms with Crippen LogP contribution in [0.4, 0.5) is 10.8 Å². The largest absolute Gasteiger partial charge is 0.331 e. The van der Waals surface area contributed by atoms with Crippen molar-refractivity contribution in [2.45, 2.75) is 0 Å². The van der Waals surface area contributed by atoms with Crippen LogP contribution >= 0.6 is 22.9 Å². The molecule has 8 heteroatoms. The second-order valence-corrected chi connectivity index (χ2v) is 7.14. The predicted octanol–water partition coefficient (Wildman–Crippen LogP) is 4.85. The fourth-order valence-corrected chi connectivity index (χ4v) is 3.54. The molecule has 0 fully saturated rings. The van der Waals surface area contributed by atoms with Gasteiger partial charge in [0.25, 0.3) is 5.91 Å². The van der Waals surface area contributed by atoms with E-state index in [2.05, 4.69) is 25.8 Å². The molecule has 1 amide bonds. The molecular formula is C20H14ClN5OS. The Morgan fingerprint density at radius 2 is 1.79 bits per heavy atom. The number of carbonyl (C=O) groups is 1. The van der Waals surface area contributed by atoms with Gasteiger partial charge in [-0.3, -0.25) is 4.79 Å². The fraction of sp³-hybridized carbons (Fsp3) is 0. The number of rotatable bonds is 5. The van der Waals surface area contributed by atoms with E-state index < -0.39 is 5.91 Å². The lowest BCUT2D eigenvalue weighted by molar-refractivity contribution is 0.0950. The number of para-hydroxylation sites is 2. The number of hydrazone groups is 1. The quantitative estimate of drug-likeness (QED) is 0.366. The van der Waals surface area contributed by atoms with Crippen LogP contribution < -0.4 is 10.7 Å². The van der Waals surface area contributed by atoms with E-state index >= 15 is 0 Å². The molecule has 0 aliphatic carbocycles. The van der Waals surface area contributed by atoms with Crippen LogP contribution in [-0.4, -0.2) is 22.1 Å². The Hall–Kier alpha value is -3.29. The van der Waals surface area contributed by atoms with E-state index in [9.17, 15) is 4.79 Å². The number of thiazole rings is 1. The molecule has 0 aliphatic rings. The number of benzene rings is 2. The Bertz CT molecular complexity index is 1160. The molecule has 6 nitrogen and oxygen atoms in total. The molecule has 138 valence electrons. The van der Waals surface area contributed by atoms with Crippen molar-refractivity contribution >= 4 is 56.8 Å². The van der Waals surface area contributed by atoms with E-state index in [1.807, 2.05) is 60.7 Å². The zero-order valence-electron chi connectivity index (χ0n) is 14.5. The summed E-state index contributed by atoms with van der Waals surface area (Å²) in [4.78, 5) is 21.5. The number of hydrogen-bond acceptors (Lipinski definition) is 6. The third-order valence-corrected chi connectivity index (χ3v) is 5.12. The van der Waals surface area contributed by atoms with E-state index in [1.165, 1.54) is 17.6 Å². The smallest absolute Gasteiger partial charge is 0.289 e. The second-order valence-electron chi connectivity index (χ2n) is 5.75. The van der Waals surface area contributed by atoms with Crippen molar-refractivity contribution in [3.63, 3.8) is 0 Å². The number of aromatic nitrogens is 2. The van der Waals surface area contributed by atoms with Gasteiger partial charge >= 0.3 is 0 Å². The van der Waals surface area contributed by atoms with E-state index in [0.717, 1.165) is 16.6 Å². The maximum absolute atomic E-state index is 12.3. The van der Waals surface area contributed by atoms with Crippen LogP contribution in [0.25, 0.3) is 10.9 Å². The molecule has 0 radical (unpaired) electrons. The molecule has 0 unspecified atom stereocenters. The summed E-state index contributed by atoms with van der Waals surface area (Å²) < 4.78 is 0. The summed E-state index contributed by atoms with van der Waals surface area (Å²) in [6.45, 7) is 0. The number of carbonyl (C=O) groups excluding carboxylic acids is 1. The first-order chi connectivity index (χ1) is 13.7. The highest BCUT2D eigenvalue weighted by Gasteiger charge is 2.09. The number of halogens is 1. The van der Waals surface area contributed by atoms with Gasteiger partial charge in [0.2, 0.25) is 0 Å². The first kappa shape index (κ1) is 18.1. The fourth-order valence-electron chi connectivity index (χ4n) is 2.49. The standard InChI is InChI=1S/C20H14ClN5OS/c21-18-17(28-20(25-18)23-14-7-2-1-3-8-14)12-22-26-19(27)16-11-10-13-6-4-5-9-15(13)24-16/h1-12H,(H,23,25)(H,26,27)/b22-12+. The molecule has 2 aromatic carbocycles. The van der Waals surface area contributed by atoms with E-state index in [4.69, 9.17) is 11.6 Å². The summed E-state index contributed by atoms with van der Waals surface area (Å²) in [6.07, 6.45) is 1.47. The number of nitrogens with one attached hydrogen (secondary N) is 2. The molecule has 0 spiro atoms. The average Bonchev–Trinajstić information content (AvgIpc) is 3.07. The van der Waals surface area contributed by atoms with E-state index in [-0.39, 0.29) is 5.69 Å². The van der Waals surface area contributed by atoms with Gasteiger partial charge in [-0.25, -0.2) is 15.4 Å². The molecular weight excluding hydrogens is 394 g/mol. The second kappa shape index (κ2) is 8.16. The number of anilines is 2. The molecule has 4 rings (SSSR count). The van der Waals surface area contributed by atoms with Gasteiger partial charge in [0, 0.05) is 11.1 Å². The highest BCUT2D eigenvalue weighted by Crippen LogP contribution is 2.27. The Morgan fingerprint density at radius 1 is 1.00 bits per heavy atom. The van der Waals surface area contributed by atoms with Crippen molar-refractivity contribution in [1.82, 2.24) is 15.4 Å². The van der Waals surface area contributed by atoms with E-state index in [1.54, 1.807) is 6.07 Å². The molecule has 0 saturated carbocycles. The first-order valence-corrected chi connectivity index (χ1v) is 9.56. The third kappa shape index (κ3) is 4.16. The summed E-state index contributed by atoms with van der Waals surface area (Å²) >= 11 is 7.49. The predicted molar refractivity (Wildman–Crippen MR) is 114 cm³/mol. The van der Waals surface area contributed by atoms with Crippen molar-refractivity contribution in [2.24, 2.45) is 5.10 Å². The summed E-state index contributed by atoms with van der Waals surface area (Å²) in [5.41, 5.74) is 4.42. The molecule has 4 aromatic rings. The zero-order valence-corrected chi connectivity index (χ0v) is 16.0. The third-order valence-electron chi connectivity index (χ3n) is 3.81. The van der Waals surface area contributed by atoms with Crippen LogP contribution in [-0.2, 0) is 0 Å². The van der Waals surface area contributed by atoms with Crippen molar-refractivity contribution in [3.8, 4) is 0 Å². The lowest BCUT2D eigenvalue weighted by Crippen LogP contribution is -2.18. The van der Waals surface area contributed by atoms with Gasteiger partial charge in [0.15, 0.2) is 10.3 Å². The molecule has 2 aromatic heterocycles. The minimum absolute atomic E-state index is 0.290. The first-order valence-electron chi connectivity index (χ1n) is 8.36. The monoisotopic (exact) mass is 407 g/mol. The highest BCUT2D eigenvalue weighted by atomic mass is 35.5. The highest BCUT2D eigenvalue weighted by molar-refractivity contribution is 7.17. The van der Waals surface area contributed by atoms with Gasteiger partial charge in [-0.2, -0.15) is 5.10 Å². The van der Waals surface area contributed by atoms with Crippen molar-refractivity contribution in [1.29, 1.82) is 0 Å². The summed E-state index contributed by atoms with van der Waals surface area (Å²) in [5, 5.41) is 9.06. The van der Waals surface area contributed by atoms with Crippen LogP contribution in [0.5, 0.6) is 0 Å². The topological polar surface area (TPSA) is 79.3 Å². The van der Waals surface area contributed by atoms with Crippen LogP contribution in [0.15, 0.2) is 71.8 Å². The van der Waals surface area contributed by atoms with Crippen LogP contribution in [0.2, 0.25) is 5.15 Å².